The molecule has 1 amide bonds. The molecule has 0 bridgehead atoms. The van der Waals surface area contributed by atoms with Crippen LogP contribution in [0.5, 0.6) is 5.75 Å². The number of amides is 1. The largest absolute Gasteiger partial charge is 0.496 e. The summed E-state index contributed by atoms with van der Waals surface area (Å²) < 4.78 is 5.41. The van der Waals surface area contributed by atoms with Gasteiger partial charge in [0.2, 0.25) is 0 Å². The van der Waals surface area contributed by atoms with E-state index in [2.05, 4.69) is 9.97 Å². The monoisotopic (exact) mass is 341 g/mol. The van der Waals surface area contributed by atoms with E-state index in [-0.39, 0.29) is 5.91 Å². The van der Waals surface area contributed by atoms with Crippen LogP contribution >= 0.6 is 11.8 Å². The van der Waals surface area contributed by atoms with Gasteiger partial charge in [-0.1, -0.05) is 6.07 Å². The van der Waals surface area contributed by atoms with Crippen molar-refractivity contribution in [3.8, 4) is 5.75 Å². The third-order valence-electron chi connectivity index (χ3n) is 3.88. The maximum atomic E-state index is 12.6. The third-order valence-corrected chi connectivity index (χ3v) is 4.66. The fraction of sp³-hybridized carbons (Fsp3) is 0.222. The zero-order chi connectivity index (χ0) is 17.1. The van der Waals surface area contributed by atoms with Crippen molar-refractivity contribution in [2.24, 2.45) is 0 Å². The van der Waals surface area contributed by atoms with Gasteiger partial charge in [0.05, 0.1) is 24.5 Å². The van der Waals surface area contributed by atoms with Crippen LogP contribution in [0.4, 0.5) is 0 Å². The average molecular weight is 341 g/mol. The van der Waals surface area contributed by atoms with Gasteiger partial charge >= 0.3 is 0 Å². The minimum absolute atomic E-state index is 0.0283. The van der Waals surface area contributed by atoms with Crippen molar-refractivity contribution < 1.29 is 9.53 Å². The molecule has 3 rings (SSSR count). The van der Waals surface area contributed by atoms with E-state index < -0.39 is 0 Å². The Morgan fingerprint density at radius 3 is 2.88 bits per heavy atom. The van der Waals surface area contributed by atoms with Crippen LogP contribution in [0, 0.1) is 0 Å². The summed E-state index contributed by atoms with van der Waals surface area (Å²) in [6.07, 6.45) is 3.64. The highest BCUT2D eigenvalue weighted by atomic mass is 32.2. The Balaban J connectivity index is 1.78. The molecule has 3 aromatic rings. The summed E-state index contributed by atoms with van der Waals surface area (Å²) in [4.78, 5) is 22.6. The van der Waals surface area contributed by atoms with Gasteiger partial charge in [0.1, 0.15) is 5.75 Å². The van der Waals surface area contributed by atoms with Gasteiger partial charge in [0.15, 0.2) is 0 Å². The summed E-state index contributed by atoms with van der Waals surface area (Å²) in [7, 11) is 3.46. The van der Waals surface area contributed by atoms with Gasteiger partial charge in [-0.15, -0.1) is 11.8 Å². The lowest BCUT2D eigenvalue weighted by Crippen LogP contribution is -2.26. The van der Waals surface area contributed by atoms with Gasteiger partial charge in [-0.05, 0) is 42.2 Å². The predicted octanol–water partition coefficient (Wildman–Crippen LogP) is 3.57. The van der Waals surface area contributed by atoms with Gasteiger partial charge in [0, 0.05) is 24.1 Å². The summed E-state index contributed by atoms with van der Waals surface area (Å²) in [5.41, 5.74) is 3.39. The van der Waals surface area contributed by atoms with Gasteiger partial charge in [0.25, 0.3) is 5.91 Å². The van der Waals surface area contributed by atoms with Crippen molar-refractivity contribution in [1.82, 2.24) is 14.9 Å². The second-order valence-corrected chi connectivity index (χ2v) is 6.33. The van der Waals surface area contributed by atoms with Gasteiger partial charge in [-0.25, -0.2) is 4.98 Å². The zero-order valence-electron chi connectivity index (χ0n) is 13.9. The van der Waals surface area contributed by atoms with Gasteiger partial charge < -0.3 is 14.6 Å². The highest BCUT2D eigenvalue weighted by molar-refractivity contribution is 7.98. The van der Waals surface area contributed by atoms with Gasteiger partial charge in [-0.2, -0.15) is 0 Å². The first kappa shape index (κ1) is 16.4. The van der Waals surface area contributed by atoms with E-state index in [1.165, 1.54) is 0 Å². The Morgan fingerprint density at radius 2 is 2.12 bits per heavy atom. The van der Waals surface area contributed by atoms with E-state index in [0.29, 0.717) is 12.1 Å². The second kappa shape index (κ2) is 6.97. The number of methoxy groups -OCH3 is 1. The molecule has 1 aromatic heterocycles. The van der Waals surface area contributed by atoms with Crippen molar-refractivity contribution in [1.29, 1.82) is 0 Å². The number of benzene rings is 2. The van der Waals surface area contributed by atoms with E-state index in [1.807, 2.05) is 36.6 Å². The Morgan fingerprint density at radius 1 is 1.29 bits per heavy atom. The lowest BCUT2D eigenvalue weighted by Gasteiger charge is -2.18. The number of H-pyrrole nitrogens is 1. The lowest BCUT2D eigenvalue weighted by molar-refractivity contribution is 0.0785. The maximum Gasteiger partial charge on any atom is 0.253 e. The topological polar surface area (TPSA) is 58.2 Å². The first-order chi connectivity index (χ1) is 11.6. The molecule has 0 saturated carbocycles. The Bertz CT molecular complexity index is 876. The number of imidazole rings is 1. The molecule has 24 heavy (non-hydrogen) atoms. The summed E-state index contributed by atoms with van der Waals surface area (Å²) in [5, 5.41) is 0. The molecule has 0 atom stereocenters. The molecule has 0 saturated heterocycles. The van der Waals surface area contributed by atoms with Crippen molar-refractivity contribution >= 4 is 28.7 Å². The van der Waals surface area contributed by atoms with Crippen LogP contribution in [0.2, 0.25) is 0 Å². The van der Waals surface area contributed by atoms with Gasteiger partial charge in [-0.3, -0.25) is 4.79 Å². The van der Waals surface area contributed by atoms with Crippen molar-refractivity contribution in [3.05, 3.63) is 53.9 Å². The van der Waals surface area contributed by atoms with Crippen molar-refractivity contribution in [3.63, 3.8) is 0 Å². The van der Waals surface area contributed by atoms with E-state index in [0.717, 1.165) is 27.2 Å². The smallest absolute Gasteiger partial charge is 0.253 e. The molecule has 124 valence electrons. The molecule has 5 nitrogen and oxygen atoms in total. The molecule has 0 radical (unpaired) electrons. The quantitative estimate of drug-likeness (QED) is 0.721. The van der Waals surface area contributed by atoms with Crippen molar-refractivity contribution in [2.45, 2.75) is 11.4 Å². The SMILES string of the molecule is COc1cc(CN(C)C(=O)c2ccc3nc[nH]c3c2)ccc1SC. The molecule has 1 heterocycles. The summed E-state index contributed by atoms with van der Waals surface area (Å²) in [6, 6.07) is 11.5. The first-order valence-corrected chi connectivity index (χ1v) is 8.74. The number of hydrogen-bond acceptors (Lipinski definition) is 4. The molecule has 2 aromatic carbocycles. The van der Waals surface area contributed by atoms with E-state index >= 15 is 0 Å². The maximum absolute atomic E-state index is 12.6. The van der Waals surface area contributed by atoms with Crippen LogP contribution < -0.4 is 4.74 Å². The predicted molar refractivity (Wildman–Crippen MR) is 96.7 cm³/mol. The van der Waals surface area contributed by atoms with E-state index in [4.69, 9.17) is 4.74 Å². The minimum Gasteiger partial charge on any atom is -0.496 e. The number of aromatic nitrogens is 2. The third kappa shape index (κ3) is 3.23. The molecule has 0 fully saturated rings. The molecule has 0 spiro atoms. The highest BCUT2D eigenvalue weighted by Crippen LogP contribution is 2.28. The molecule has 0 aliphatic carbocycles. The summed E-state index contributed by atoms with van der Waals surface area (Å²) >= 11 is 1.64. The number of hydrogen-bond donors (Lipinski definition) is 1. The van der Waals surface area contributed by atoms with Crippen LogP contribution in [-0.2, 0) is 6.54 Å². The number of nitrogens with zero attached hydrogens (tertiary/aromatic N) is 2. The Kier molecular flexibility index (Phi) is 4.76. The Hall–Kier alpha value is -2.47. The standard InChI is InChI=1S/C18H19N3O2S/c1-21(10-12-4-7-17(24-3)16(8-12)23-2)18(22)13-5-6-14-15(9-13)20-11-19-14/h4-9,11H,10H2,1-3H3,(H,19,20). The summed E-state index contributed by atoms with van der Waals surface area (Å²) in [5.74, 6) is 0.805. The van der Waals surface area contributed by atoms with Crippen LogP contribution in [0.15, 0.2) is 47.6 Å². The van der Waals surface area contributed by atoms with E-state index in [9.17, 15) is 4.79 Å². The number of rotatable bonds is 5. The summed E-state index contributed by atoms with van der Waals surface area (Å²) in [6.45, 7) is 0.519. The number of carbonyl (C=O) groups is 1. The van der Waals surface area contributed by atoms with Crippen LogP contribution in [0.3, 0.4) is 0 Å². The number of aromatic amines is 1. The lowest BCUT2D eigenvalue weighted by atomic mass is 10.1. The first-order valence-electron chi connectivity index (χ1n) is 7.52. The molecule has 6 heteroatoms. The molecular formula is C18H19N3O2S. The number of fused-ring (bicyclic) bond motifs is 1. The Labute approximate surface area is 145 Å². The van der Waals surface area contributed by atoms with Crippen LogP contribution in [0.25, 0.3) is 11.0 Å². The molecule has 0 unspecified atom stereocenters. The molecular weight excluding hydrogens is 322 g/mol. The number of ether oxygens (including phenoxy) is 1. The minimum atomic E-state index is -0.0283. The fourth-order valence-corrected chi connectivity index (χ4v) is 3.16. The number of thioether (sulfide) groups is 1. The average Bonchev–Trinajstić information content (AvgIpc) is 3.08. The number of carbonyl (C=O) groups excluding carboxylic acids is 1. The number of nitrogens with one attached hydrogen (secondary N) is 1. The van der Waals surface area contributed by atoms with Crippen LogP contribution in [-0.4, -0.2) is 41.2 Å². The molecule has 1 N–H and O–H groups in total. The fourth-order valence-electron chi connectivity index (χ4n) is 2.61. The highest BCUT2D eigenvalue weighted by Gasteiger charge is 2.14. The zero-order valence-corrected chi connectivity index (χ0v) is 14.7. The molecule has 0 aliphatic rings. The van der Waals surface area contributed by atoms with Crippen molar-refractivity contribution in [2.75, 3.05) is 20.4 Å². The second-order valence-electron chi connectivity index (χ2n) is 5.49. The molecule has 0 aliphatic heterocycles. The van der Waals surface area contributed by atoms with E-state index in [1.54, 1.807) is 43.2 Å². The normalized spacial score (nSPS) is 10.8. The van der Waals surface area contributed by atoms with Crippen LogP contribution in [0.1, 0.15) is 15.9 Å².